The standard InChI is InChI=1S/C5H5N.2ClH.Ni/c1-2-4-6-5-3-1;;;/h1-5H;2*1H;/q;;;+2/p-2. The van der Waals surface area contributed by atoms with Gasteiger partial charge in [0.25, 0.3) is 0 Å². The molecule has 0 saturated heterocycles. The van der Waals surface area contributed by atoms with E-state index in [4.69, 9.17) is 20.4 Å². The first-order valence-corrected chi connectivity index (χ1v) is 4.81. The van der Waals surface area contributed by atoms with Crippen molar-refractivity contribution in [1.82, 2.24) is 4.98 Å². The van der Waals surface area contributed by atoms with Crippen LogP contribution in [-0.4, -0.2) is 4.98 Å². The number of pyridine rings is 1. The minimum absolute atomic E-state index is 0.569. The van der Waals surface area contributed by atoms with Gasteiger partial charge in [0, 0.05) is 12.4 Å². The van der Waals surface area contributed by atoms with Crippen LogP contribution in [-0.2, 0) is 12.7 Å². The molecule has 0 aliphatic heterocycles. The molecule has 0 fully saturated rings. The van der Waals surface area contributed by atoms with E-state index in [1.165, 1.54) is 0 Å². The van der Waals surface area contributed by atoms with Crippen LogP contribution in [0.3, 0.4) is 0 Å². The van der Waals surface area contributed by atoms with Gasteiger partial charge >= 0.3 is 33.0 Å². The van der Waals surface area contributed by atoms with Gasteiger partial charge in [-0.05, 0) is 12.1 Å². The molecular weight excluding hydrogens is 204 g/mol. The predicted molar refractivity (Wildman–Crippen MR) is 35.9 cm³/mol. The molecular formula is C5H5Cl2NNi. The Kier molecular flexibility index (Phi) is 8.43. The zero-order valence-electron chi connectivity index (χ0n) is 4.41. The predicted octanol–water partition coefficient (Wildman–Crippen LogP) is 2.46. The molecule has 0 radical (unpaired) electrons. The van der Waals surface area contributed by atoms with Crippen LogP contribution in [0.25, 0.3) is 0 Å². The number of halogens is 2. The fourth-order valence-corrected chi connectivity index (χ4v) is 0.313. The van der Waals surface area contributed by atoms with Crippen LogP contribution >= 0.6 is 20.4 Å². The molecule has 1 aromatic heterocycles. The Morgan fingerprint density at radius 3 is 1.56 bits per heavy atom. The van der Waals surface area contributed by atoms with E-state index < -0.39 is 0 Å². The summed E-state index contributed by atoms with van der Waals surface area (Å²) >= 11 is 0.569. The maximum Gasteiger partial charge on any atom is 0.0267 e. The van der Waals surface area contributed by atoms with Crippen molar-refractivity contribution in [3.05, 3.63) is 30.6 Å². The smallest absolute Gasteiger partial charge is 0.0267 e. The Hall–Kier alpha value is 0.224. The summed E-state index contributed by atoms with van der Waals surface area (Å²) in [6.45, 7) is 0. The Morgan fingerprint density at radius 1 is 1.00 bits per heavy atom. The van der Waals surface area contributed by atoms with Gasteiger partial charge in [0.15, 0.2) is 0 Å². The van der Waals surface area contributed by atoms with E-state index in [1.807, 2.05) is 18.2 Å². The van der Waals surface area contributed by atoms with Crippen molar-refractivity contribution < 1.29 is 12.7 Å². The van der Waals surface area contributed by atoms with Gasteiger partial charge in [-0.15, -0.1) is 0 Å². The molecule has 1 nitrogen and oxygen atoms in total. The van der Waals surface area contributed by atoms with Crippen molar-refractivity contribution in [2.45, 2.75) is 0 Å². The first-order valence-electron chi connectivity index (χ1n) is 2.09. The van der Waals surface area contributed by atoms with Crippen molar-refractivity contribution in [1.29, 1.82) is 0 Å². The van der Waals surface area contributed by atoms with Gasteiger partial charge in [0.05, 0.1) is 0 Å². The van der Waals surface area contributed by atoms with Gasteiger partial charge in [0.1, 0.15) is 0 Å². The van der Waals surface area contributed by atoms with Crippen molar-refractivity contribution >= 4 is 20.4 Å². The van der Waals surface area contributed by atoms with Crippen LogP contribution in [0.15, 0.2) is 30.6 Å². The molecule has 0 saturated carbocycles. The van der Waals surface area contributed by atoms with Crippen LogP contribution < -0.4 is 0 Å². The van der Waals surface area contributed by atoms with E-state index in [1.54, 1.807) is 12.4 Å². The fourth-order valence-electron chi connectivity index (χ4n) is 0.313. The van der Waals surface area contributed by atoms with Gasteiger partial charge in [-0.25, -0.2) is 0 Å². The van der Waals surface area contributed by atoms with Crippen molar-refractivity contribution in [2.75, 3.05) is 0 Å². The second-order valence-electron chi connectivity index (χ2n) is 1.07. The molecule has 0 aliphatic carbocycles. The summed E-state index contributed by atoms with van der Waals surface area (Å²) in [7, 11) is 9.40. The monoisotopic (exact) mass is 207 g/mol. The molecule has 0 spiro atoms. The number of hydrogen-bond acceptors (Lipinski definition) is 1. The third-order valence-electron chi connectivity index (χ3n) is 0.566. The Morgan fingerprint density at radius 2 is 1.44 bits per heavy atom. The molecule has 1 aromatic rings. The zero-order valence-corrected chi connectivity index (χ0v) is 6.91. The van der Waals surface area contributed by atoms with E-state index in [0.29, 0.717) is 12.7 Å². The molecule has 0 bridgehead atoms. The van der Waals surface area contributed by atoms with Gasteiger partial charge in [-0.2, -0.15) is 0 Å². The Bertz CT molecular complexity index is 97.8. The molecule has 0 N–H and O–H groups in total. The number of aromatic nitrogens is 1. The zero-order chi connectivity index (χ0) is 6.95. The third-order valence-corrected chi connectivity index (χ3v) is 0.566. The molecule has 54 valence electrons. The minimum Gasteiger partial charge on any atom is -0.265 e. The second kappa shape index (κ2) is 8.22. The summed E-state index contributed by atoms with van der Waals surface area (Å²) in [5, 5.41) is 0. The molecule has 1 heterocycles. The topological polar surface area (TPSA) is 12.9 Å². The van der Waals surface area contributed by atoms with Gasteiger partial charge in [0.2, 0.25) is 0 Å². The average molecular weight is 209 g/mol. The molecule has 0 aliphatic rings. The molecule has 0 unspecified atom stereocenters. The summed E-state index contributed by atoms with van der Waals surface area (Å²) in [6.07, 6.45) is 3.50. The third kappa shape index (κ3) is 8.22. The molecule has 1 rings (SSSR count). The Balaban J connectivity index is 0.000000187. The largest absolute Gasteiger partial charge is 0.265 e. The normalized spacial score (nSPS) is 7.78. The van der Waals surface area contributed by atoms with E-state index in [-0.39, 0.29) is 0 Å². The molecule has 0 amide bonds. The maximum absolute atomic E-state index is 4.70. The van der Waals surface area contributed by atoms with E-state index in [2.05, 4.69) is 4.98 Å². The summed E-state index contributed by atoms with van der Waals surface area (Å²) < 4.78 is 0. The molecule has 0 atom stereocenters. The van der Waals surface area contributed by atoms with Gasteiger partial charge < -0.3 is 0 Å². The quantitative estimate of drug-likeness (QED) is 0.597. The summed E-state index contributed by atoms with van der Waals surface area (Å²) in [5.74, 6) is 0. The Labute approximate surface area is 68.7 Å². The van der Waals surface area contributed by atoms with Crippen molar-refractivity contribution in [3.8, 4) is 0 Å². The van der Waals surface area contributed by atoms with E-state index in [9.17, 15) is 0 Å². The van der Waals surface area contributed by atoms with Crippen LogP contribution in [0.1, 0.15) is 0 Å². The molecule has 0 aromatic carbocycles. The van der Waals surface area contributed by atoms with Crippen molar-refractivity contribution in [3.63, 3.8) is 0 Å². The number of hydrogen-bond donors (Lipinski definition) is 0. The minimum atomic E-state index is 0.569. The fraction of sp³-hybridized carbons (Fsp3) is 0. The van der Waals surface area contributed by atoms with Crippen LogP contribution in [0.4, 0.5) is 0 Å². The number of nitrogens with zero attached hydrogens (tertiary/aromatic N) is 1. The van der Waals surface area contributed by atoms with Crippen LogP contribution in [0.5, 0.6) is 0 Å². The first kappa shape index (κ1) is 9.22. The summed E-state index contributed by atoms with van der Waals surface area (Å²) in [6, 6.07) is 5.72. The van der Waals surface area contributed by atoms with Gasteiger partial charge in [-0.3, -0.25) is 4.98 Å². The second-order valence-corrected chi connectivity index (χ2v) is 2.70. The number of rotatable bonds is 0. The molecule has 4 heteroatoms. The summed E-state index contributed by atoms with van der Waals surface area (Å²) in [4.78, 5) is 3.78. The van der Waals surface area contributed by atoms with E-state index >= 15 is 0 Å². The SMILES string of the molecule is [Cl][Ni][Cl].c1ccncc1. The van der Waals surface area contributed by atoms with Crippen LogP contribution in [0.2, 0.25) is 0 Å². The average Bonchev–Trinajstić information content (AvgIpc) is 1.93. The first-order chi connectivity index (χ1) is 4.41. The van der Waals surface area contributed by atoms with Crippen LogP contribution in [0, 0.1) is 0 Å². The van der Waals surface area contributed by atoms with Crippen molar-refractivity contribution in [2.24, 2.45) is 0 Å². The van der Waals surface area contributed by atoms with Gasteiger partial charge in [-0.1, -0.05) is 6.07 Å². The summed E-state index contributed by atoms with van der Waals surface area (Å²) in [5.41, 5.74) is 0. The maximum atomic E-state index is 4.70. The molecule has 9 heavy (non-hydrogen) atoms. The van der Waals surface area contributed by atoms with E-state index in [0.717, 1.165) is 0 Å².